The van der Waals surface area contributed by atoms with Crippen LogP contribution in [0.25, 0.3) is 0 Å². The number of alkyl halides is 12. The van der Waals surface area contributed by atoms with E-state index in [9.17, 15) is 52.7 Å². The lowest BCUT2D eigenvalue weighted by molar-refractivity contribution is -0.299. The van der Waals surface area contributed by atoms with E-state index < -0.39 is 46.7 Å². The second kappa shape index (κ2) is 5.95. The Kier molecular flexibility index (Phi) is 5.13. The van der Waals surface area contributed by atoms with Gasteiger partial charge in [0.25, 0.3) is 0 Å². The predicted octanol–water partition coefficient (Wildman–Crippen LogP) is 6.45. The summed E-state index contributed by atoms with van der Waals surface area (Å²) in [6, 6.07) is -0.143. The highest BCUT2D eigenvalue weighted by atomic mass is 19.4. The molecule has 0 atom stereocenters. The third-order valence-corrected chi connectivity index (χ3v) is 4.31. The summed E-state index contributed by atoms with van der Waals surface area (Å²) in [5.74, 6) is 0. The van der Waals surface area contributed by atoms with Crippen molar-refractivity contribution in [3.05, 3.63) is 35.4 Å². The second-order valence-corrected chi connectivity index (χ2v) is 5.82. The molecule has 0 saturated heterocycles. The van der Waals surface area contributed by atoms with Gasteiger partial charge in [-0.2, -0.15) is 52.7 Å². The van der Waals surface area contributed by atoms with Gasteiger partial charge in [-0.1, -0.05) is 24.3 Å². The average Bonchev–Trinajstić information content (AvgIpc) is 2.40. The van der Waals surface area contributed by atoms with Crippen molar-refractivity contribution in [1.29, 1.82) is 0 Å². The second-order valence-electron chi connectivity index (χ2n) is 5.82. The van der Waals surface area contributed by atoms with Gasteiger partial charge in [0, 0.05) is 0 Å². The Morgan fingerprint density at radius 2 is 0.577 bits per heavy atom. The fourth-order valence-corrected chi connectivity index (χ4v) is 2.11. The SMILES string of the molecule is CC(c1ccc(C(C)(C(F)(F)F)C(F)(F)F)cc1)(C(F)(F)F)C(F)(F)F. The molecular weight excluding hydrogens is 396 g/mol. The molecule has 0 amide bonds. The van der Waals surface area contributed by atoms with Crippen LogP contribution < -0.4 is 0 Å². The van der Waals surface area contributed by atoms with Crippen LogP contribution in [0, 0.1) is 0 Å². The molecular formula is C14H10F12. The van der Waals surface area contributed by atoms with Gasteiger partial charge in [-0.3, -0.25) is 0 Å². The third kappa shape index (κ3) is 3.22. The maximum absolute atomic E-state index is 12.9. The summed E-state index contributed by atoms with van der Waals surface area (Å²) in [6.45, 7) is -0.510. The zero-order chi connectivity index (χ0) is 21.0. The highest BCUT2D eigenvalue weighted by molar-refractivity contribution is 5.37. The zero-order valence-electron chi connectivity index (χ0n) is 12.8. The van der Waals surface area contributed by atoms with Crippen LogP contribution in [0.3, 0.4) is 0 Å². The molecule has 0 heterocycles. The third-order valence-electron chi connectivity index (χ3n) is 4.31. The fourth-order valence-electron chi connectivity index (χ4n) is 2.11. The van der Waals surface area contributed by atoms with Crippen LogP contribution in [0.2, 0.25) is 0 Å². The van der Waals surface area contributed by atoms with Gasteiger partial charge in [0.15, 0.2) is 10.8 Å². The van der Waals surface area contributed by atoms with Crippen molar-refractivity contribution < 1.29 is 52.7 Å². The van der Waals surface area contributed by atoms with Gasteiger partial charge in [-0.05, 0) is 25.0 Å². The quantitative estimate of drug-likeness (QED) is 0.495. The van der Waals surface area contributed by atoms with Crippen LogP contribution in [0.15, 0.2) is 24.3 Å². The van der Waals surface area contributed by atoms with Gasteiger partial charge >= 0.3 is 24.7 Å². The lowest BCUT2D eigenvalue weighted by Gasteiger charge is -2.36. The molecule has 0 saturated carbocycles. The minimum Gasteiger partial charge on any atom is -0.170 e. The van der Waals surface area contributed by atoms with E-state index in [1.54, 1.807) is 0 Å². The van der Waals surface area contributed by atoms with Crippen molar-refractivity contribution in [2.75, 3.05) is 0 Å². The van der Waals surface area contributed by atoms with Crippen molar-refractivity contribution in [1.82, 2.24) is 0 Å². The number of benzene rings is 1. The molecule has 0 radical (unpaired) electrons. The largest absolute Gasteiger partial charge is 0.406 e. The number of halogens is 12. The molecule has 0 N–H and O–H groups in total. The molecule has 0 fully saturated rings. The average molecular weight is 406 g/mol. The van der Waals surface area contributed by atoms with Gasteiger partial charge < -0.3 is 0 Å². The lowest BCUT2D eigenvalue weighted by Crippen LogP contribution is -2.52. The molecule has 0 bridgehead atoms. The van der Waals surface area contributed by atoms with Gasteiger partial charge in [-0.25, -0.2) is 0 Å². The molecule has 1 rings (SSSR count). The summed E-state index contributed by atoms with van der Waals surface area (Å²) < 4.78 is 155. The Hall–Kier alpha value is -1.62. The standard InChI is InChI=1S/C14H10F12/c1-9(11(15,16)17,12(18,19)20)7-3-5-8(6-4-7)10(2,13(21,22)23)14(24,25)26/h3-6H,1-2H3. The van der Waals surface area contributed by atoms with Crippen LogP contribution in [-0.2, 0) is 10.8 Å². The molecule has 0 aliphatic carbocycles. The molecule has 1 aromatic carbocycles. The first-order valence-corrected chi connectivity index (χ1v) is 6.59. The maximum atomic E-state index is 12.9. The van der Waals surface area contributed by atoms with E-state index >= 15 is 0 Å². The monoisotopic (exact) mass is 406 g/mol. The summed E-state index contributed by atoms with van der Waals surface area (Å²) in [6.07, 6.45) is -23.5. The van der Waals surface area contributed by atoms with E-state index in [2.05, 4.69) is 0 Å². The van der Waals surface area contributed by atoms with E-state index in [0.29, 0.717) is 0 Å². The summed E-state index contributed by atoms with van der Waals surface area (Å²) in [7, 11) is 0. The minimum atomic E-state index is -5.88. The van der Waals surface area contributed by atoms with Crippen LogP contribution in [0.1, 0.15) is 25.0 Å². The lowest BCUT2D eigenvalue weighted by atomic mass is 9.77. The number of hydrogen-bond donors (Lipinski definition) is 0. The van der Waals surface area contributed by atoms with E-state index in [1.165, 1.54) is 0 Å². The highest BCUT2D eigenvalue weighted by Crippen LogP contribution is 2.54. The highest BCUT2D eigenvalue weighted by Gasteiger charge is 2.70. The minimum absolute atomic E-state index is 0.0357. The molecule has 0 spiro atoms. The smallest absolute Gasteiger partial charge is 0.170 e. The maximum Gasteiger partial charge on any atom is 0.406 e. The summed E-state index contributed by atoms with van der Waals surface area (Å²) in [4.78, 5) is 0. The summed E-state index contributed by atoms with van der Waals surface area (Å²) in [5, 5.41) is 0. The van der Waals surface area contributed by atoms with Gasteiger partial charge in [-0.15, -0.1) is 0 Å². The Morgan fingerprint density at radius 3 is 0.692 bits per heavy atom. The van der Waals surface area contributed by atoms with E-state index in [1.807, 2.05) is 0 Å². The van der Waals surface area contributed by atoms with Crippen LogP contribution in [0.4, 0.5) is 52.7 Å². The van der Waals surface area contributed by atoms with Crippen molar-refractivity contribution in [2.45, 2.75) is 49.4 Å². The molecule has 0 aliphatic heterocycles. The van der Waals surface area contributed by atoms with Crippen LogP contribution in [-0.4, -0.2) is 24.7 Å². The fraction of sp³-hybridized carbons (Fsp3) is 0.571. The predicted molar refractivity (Wildman–Crippen MR) is 65.4 cm³/mol. The molecule has 1 aromatic rings. The Bertz CT molecular complexity index is 541. The first-order valence-electron chi connectivity index (χ1n) is 6.59. The van der Waals surface area contributed by atoms with Crippen LogP contribution >= 0.6 is 0 Å². The summed E-state index contributed by atoms with van der Waals surface area (Å²) >= 11 is 0. The van der Waals surface area contributed by atoms with Crippen LogP contribution in [0.5, 0.6) is 0 Å². The Morgan fingerprint density at radius 1 is 0.423 bits per heavy atom. The van der Waals surface area contributed by atoms with Gasteiger partial charge in [0.2, 0.25) is 0 Å². The first-order chi connectivity index (χ1) is 11.2. The number of hydrogen-bond acceptors (Lipinski definition) is 0. The molecule has 0 aromatic heterocycles. The Balaban J connectivity index is 3.61. The van der Waals surface area contributed by atoms with E-state index in [4.69, 9.17) is 0 Å². The van der Waals surface area contributed by atoms with Crippen molar-refractivity contribution in [3.8, 4) is 0 Å². The zero-order valence-corrected chi connectivity index (χ0v) is 12.8. The Labute approximate surface area is 138 Å². The molecule has 12 heteroatoms. The number of rotatable bonds is 2. The molecule has 0 unspecified atom stereocenters. The normalized spacial score (nSPS) is 15.3. The van der Waals surface area contributed by atoms with E-state index in [0.717, 1.165) is 0 Å². The van der Waals surface area contributed by atoms with Crippen molar-refractivity contribution in [3.63, 3.8) is 0 Å². The molecule has 0 nitrogen and oxygen atoms in total. The molecule has 0 aliphatic rings. The van der Waals surface area contributed by atoms with Crippen molar-refractivity contribution in [2.24, 2.45) is 0 Å². The van der Waals surface area contributed by atoms with Crippen molar-refractivity contribution >= 4 is 0 Å². The topological polar surface area (TPSA) is 0 Å². The van der Waals surface area contributed by atoms with E-state index in [-0.39, 0.29) is 38.1 Å². The summed E-state index contributed by atoms with van der Waals surface area (Å²) in [5.41, 5.74) is -12.0. The van der Waals surface area contributed by atoms with Gasteiger partial charge in [0.05, 0.1) is 0 Å². The van der Waals surface area contributed by atoms with Gasteiger partial charge in [0.1, 0.15) is 0 Å². The first kappa shape index (κ1) is 22.4. The molecule has 150 valence electrons. The molecule has 26 heavy (non-hydrogen) atoms.